The van der Waals surface area contributed by atoms with Crippen molar-refractivity contribution in [2.45, 2.75) is 6.42 Å². The van der Waals surface area contributed by atoms with Gasteiger partial charge >= 0.3 is 5.97 Å². The maximum atomic E-state index is 10.7. The van der Waals surface area contributed by atoms with Gasteiger partial charge < -0.3 is 5.11 Å². The Kier molecular flexibility index (Phi) is 2.06. The summed E-state index contributed by atoms with van der Waals surface area (Å²) in [6.45, 7) is 0. The van der Waals surface area contributed by atoms with Crippen LogP contribution in [0, 0.1) is 0 Å². The van der Waals surface area contributed by atoms with Crippen LogP contribution in [-0.2, 0) is 4.79 Å². The highest BCUT2D eigenvalue weighted by Gasteiger charge is 2.11. The Bertz CT molecular complexity index is 437. The molecule has 1 aromatic rings. The largest absolute Gasteiger partial charge is 0.478 e. The summed E-state index contributed by atoms with van der Waals surface area (Å²) in [7, 11) is 0. The van der Waals surface area contributed by atoms with Crippen LogP contribution in [0.5, 0.6) is 0 Å². The summed E-state index contributed by atoms with van der Waals surface area (Å²) < 4.78 is 0. The van der Waals surface area contributed by atoms with E-state index in [9.17, 15) is 4.79 Å². The Morgan fingerprint density at radius 3 is 3.14 bits per heavy atom. The summed E-state index contributed by atoms with van der Waals surface area (Å²) in [5.41, 5.74) is 0.931. The lowest BCUT2D eigenvalue weighted by Crippen LogP contribution is -1.99. The van der Waals surface area contributed by atoms with Crippen LogP contribution in [-0.4, -0.2) is 27.3 Å². The van der Waals surface area contributed by atoms with Crippen molar-refractivity contribution in [2.24, 2.45) is 4.99 Å². The van der Waals surface area contributed by atoms with Crippen molar-refractivity contribution in [2.75, 3.05) is 0 Å². The molecule has 0 saturated heterocycles. The lowest BCUT2D eigenvalue weighted by Gasteiger charge is -1.96. The number of nitrogens with zero attached hydrogens (tertiary/aromatic N) is 3. The first kappa shape index (κ1) is 8.55. The smallest absolute Gasteiger partial charge is 0.331 e. The fourth-order valence-electron chi connectivity index (χ4n) is 1.17. The number of carbonyl (C=O) groups is 1. The van der Waals surface area contributed by atoms with Crippen LogP contribution in [0.3, 0.4) is 0 Å². The first-order chi connectivity index (χ1) is 6.77. The lowest BCUT2D eigenvalue weighted by molar-refractivity contribution is -0.132. The van der Waals surface area contributed by atoms with Gasteiger partial charge in [0.05, 0.1) is 0 Å². The molecule has 1 aliphatic heterocycles. The van der Waals surface area contributed by atoms with E-state index in [0.29, 0.717) is 23.4 Å². The van der Waals surface area contributed by atoms with Crippen LogP contribution in [0.4, 0.5) is 5.82 Å². The van der Waals surface area contributed by atoms with Crippen molar-refractivity contribution in [3.05, 3.63) is 23.7 Å². The average molecular weight is 189 g/mol. The Morgan fingerprint density at radius 2 is 2.36 bits per heavy atom. The van der Waals surface area contributed by atoms with Crippen LogP contribution in [0.2, 0.25) is 0 Å². The first-order valence-electron chi connectivity index (χ1n) is 4.04. The second-order valence-corrected chi connectivity index (χ2v) is 2.79. The average Bonchev–Trinajstić information content (AvgIpc) is 2.39. The Balaban J connectivity index is 2.52. The number of hydrogen-bond donors (Lipinski definition) is 1. The number of carboxylic acid groups (broad SMARTS) is 1. The van der Waals surface area contributed by atoms with Gasteiger partial charge in [-0.25, -0.2) is 19.8 Å². The van der Waals surface area contributed by atoms with Crippen molar-refractivity contribution >= 4 is 24.1 Å². The molecule has 0 amide bonds. The predicted octanol–water partition coefficient (Wildman–Crippen LogP) is 1.05. The number of aromatic nitrogens is 2. The predicted molar refractivity (Wildman–Crippen MR) is 50.4 cm³/mol. The van der Waals surface area contributed by atoms with Gasteiger partial charge in [0.2, 0.25) is 0 Å². The molecule has 0 bridgehead atoms. The summed E-state index contributed by atoms with van der Waals surface area (Å²) >= 11 is 0. The lowest BCUT2D eigenvalue weighted by atomic mass is 10.1. The van der Waals surface area contributed by atoms with Gasteiger partial charge in [-0.15, -0.1) is 0 Å². The minimum absolute atomic E-state index is 0.294. The molecule has 1 aromatic heterocycles. The van der Waals surface area contributed by atoms with Crippen LogP contribution in [0.25, 0.3) is 6.08 Å². The Morgan fingerprint density at radius 1 is 1.50 bits per heavy atom. The third-order valence-electron chi connectivity index (χ3n) is 1.85. The third kappa shape index (κ3) is 1.52. The molecule has 0 unspecified atom stereocenters. The van der Waals surface area contributed by atoms with Crippen molar-refractivity contribution < 1.29 is 9.90 Å². The molecule has 0 saturated carbocycles. The normalized spacial score (nSPS) is 14.1. The van der Waals surface area contributed by atoms with Gasteiger partial charge in [-0.3, -0.25) is 0 Å². The summed E-state index contributed by atoms with van der Waals surface area (Å²) in [6, 6.07) is 0. The van der Waals surface area contributed by atoms with E-state index in [0.717, 1.165) is 0 Å². The highest BCUT2D eigenvalue weighted by Crippen LogP contribution is 2.21. The minimum atomic E-state index is -0.937. The van der Waals surface area contributed by atoms with Crippen LogP contribution in [0.15, 0.2) is 23.1 Å². The van der Waals surface area contributed by atoms with Gasteiger partial charge in [-0.1, -0.05) is 0 Å². The van der Waals surface area contributed by atoms with Crippen LogP contribution in [0.1, 0.15) is 12.0 Å². The molecular weight excluding hydrogens is 182 g/mol. The number of fused-ring (bicyclic) bond motifs is 1. The zero-order chi connectivity index (χ0) is 9.97. The molecule has 5 nitrogen and oxygen atoms in total. The molecule has 0 radical (unpaired) electrons. The molecule has 0 spiro atoms. The first-order valence-corrected chi connectivity index (χ1v) is 4.04. The number of aliphatic imine (C=N–C) groups is 1. The summed E-state index contributed by atoms with van der Waals surface area (Å²) in [5, 5.41) is 8.82. The molecule has 2 rings (SSSR count). The number of rotatable bonds is 1. The van der Waals surface area contributed by atoms with E-state index in [-0.39, 0.29) is 0 Å². The SMILES string of the molecule is O=C(O)C1=Cc2cncnc2N=CC1. The van der Waals surface area contributed by atoms with E-state index in [1.54, 1.807) is 18.5 Å². The topological polar surface area (TPSA) is 75.4 Å². The van der Waals surface area contributed by atoms with E-state index >= 15 is 0 Å². The van der Waals surface area contributed by atoms with E-state index < -0.39 is 5.97 Å². The monoisotopic (exact) mass is 189 g/mol. The van der Waals surface area contributed by atoms with E-state index in [1.165, 1.54) is 6.33 Å². The van der Waals surface area contributed by atoms with Crippen molar-refractivity contribution in [3.8, 4) is 0 Å². The summed E-state index contributed by atoms with van der Waals surface area (Å²) in [4.78, 5) is 22.5. The maximum Gasteiger partial charge on any atom is 0.331 e. The zero-order valence-electron chi connectivity index (χ0n) is 7.21. The highest BCUT2D eigenvalue weighted by molar-refractivity contribution is 5.97. The van der Waals surface area contributed by atoms with Gasteiger partial charge in [-0.05, 0) is 6.08 Å². The van der Waals surface area contributed by atoms with E-state index in [1.807, 2.05) is 0 Å². The van der Waals surface area contributed by atoms with Gasteiger partial charge in [0.15, 0.2) is 5.82 Å². The zero-order valence-corrected chi connectivity index (χ0v) is 7.21. The molecular formula is C9H7N3O2. The van der Waals surface area contributed by atoms with Gasteiger partial charge in [0, 0.05) is 30.0 Å². The number of carboxylic acids is 1. The minimum Gasteiger partial charge on any atom is -0.478 e. The molecule has 70 valence electrons. The molecule has 0 fully saturated rings. The second-order valence-electron chi connectivity index (χ2n) is 2.79. The standard InChI is InChI=1S/C9H7N3O2/c13-9(14)6-1-2-11-8-7(3-6)4-10-5-12-8/h2-5H,1H2,(H,13,14). The summed E-state index contributed by atoms with van der Waals surface area (Å²) in [6.07, 6.45) is 6.33. The van der Waals surface area contributed by atoms with Gasteiger partial charge in [-0.2, -0.15) is 0 Å². The molecule has 14 heavy (non-hydrogen) atoms. The van der Waals surface area contributed by atoms with E-state index in [4.69, 9.17) is 5.11 Å². The van der Waals surface area contributed by atoms with Crippen molar-refractivity contribution in [1.82, 2.24) is 9.97 Å². The quantitative estimate of drug-likeness (QED) is 0.716. The fraction of sp³-hybridized carbons (Fsp3) is 0.111. The second kappa shape index (κ2) is 3.37. The molecule has 0 atom stereocenters. The highest BCUT2D eigenvalue weighted by atomic mass is 16.4. The van der Waals surface area contributed by atoms with Crippen molar-refractivity contribution in [1.29, 1.82) is 0 Å². The number of hydrogen-bond acceptors (Lipinski definition) is 4. The molecule has 2 heterocycles. The Hall–Kier alpha value is -2.04. The maximum absolute atomic E-state index is 10.7. The Labute approximate surface area is 79.9 Å². The van der Waals surface area contributed by atoms with Crippen molar-refractivity contribution in [3.63, 3.8) is 0 Å². The van der Waals surface area contributed by atoms with E-state index in [2.05, 4.69) is 15.0 Å². The molecule has 0 aromatic carbocycles. The molecule has 5 heteroatoms. The molecule has 1 N–H and O–H groups in total. The van der Waals surface area contributed by atoms with Crippen LogP contribution >= 0.6 is 0 Å². The fourth-order valence-corrected chi connectivity index (χ4v) is 1.17. The summed E-state index contributed by atoms with van der Waals surface area (Å²) in [5.74, 6) is -0.426. The third-order valence-corrected chi connectivity index (χ3v) is 1.85. The van der Waals surface area contributed by atoms with Gasteiger partial charge in [0.1, 0.15) is 6.33 Å². The molecule has 1 aliphatic rings. The number of aliphatic carboxylic acids is 1. The van der Waals surface area contributed by atoms with Crippen LogP contribution < -0.4 is 0 Å². The molecule has 0 aliphatic carbocycles. The van der Waals surface area contributed by atoms with Gasteiger partial charge in [0.25, 0.3) is 0 Å².